The summed E-state index contributed by atoms with van der Waals surface area (Å²) in [6, 6.07) is 3.22. The van der Waals surface area contributed by atoms with Crippen molar-refractivity contribution in [1.82, 2.24) is 4.72 Å². The number of aryl methyl sites for hydroxylation is 1. The smallest absolute Gasteiger partial charge is 0.240 e. The Bertz CT molecular complexity index is 498. The van der Waals surface area contributed by atoms with Crippen molar-refractivity contribution in [3.05, 3.63) is 23.3 Å². The molecule has 96 valence electrons. The third-order valence-corrected chi connectivity index (χ3v) is 4.12. The Morgan fingerprint density at radius 3 is 2.59 bits per heavy atom. The SMILES string of the molecule is COCCNS(=O)(=O)c1cc(N)cc(C)c1C. The highest BCUT2D eigenvalue weighted by atomic mass is 32.2. The highest BCUT2D eigenvalue weighted by Gasteiger charge is 2.17. The summed E-state index contributed by atoms with van der Waals surface area (Å²) in [6.07, 6.45) is 0. The minimum absolute atomic E-state index is 0.228. The summed E-state index contributed by atoms with van der Waals surface area (Å²) >= 11 is 0. The van der Waals surface area contributed by atoms with Crippen molar-refractivity contribution >= 4 is 15.7 Å². The zero-order valence-electron chi connectivity index (χ0n) is 10.3. The van der Waals surface area contributed by atoms with Crippen molar-refractivity contribution in [2.45, 2.75) is 18.7 Å². The normalized spacial score (nSPS) is 11.7. The van der Waals surface area contributed by atoms with Gasteiger partial charge in [0.2, 0.25) is 10.0 Å². The Hall–Kier alpha value is -1.11. The number of methoxy groups -OCH3 is 1. The number of hydrogen-bond acceptors (Lipinski definition) is 4. The molecule has 0 amide bonds. The van der Waals surface area contributed by atoms with Gasteiger partial charge in [-0.15, -0.1) is 0 Å². The van der Waals surface area contributed by atoms with Gasteiger partial charge in [-0.2, -0.15) is 0 Å². The second-order valence-electron chi connectivity index (χ2n) is 3.85. The summed E-state index contributed by atoms with van der Waals surface area (Å²) in [5, 5.41) is 0. The van der Waals surface area contributed by atoms with Gasteiger partial charge in [0.1, 0.15) is 0 Å². The molecule has 17 heavy (non-hydrogen) atoms. The van der Waals surface area contributed by atoms with E-state index >= 15 is 0 Å². The molecule has 0 aliphatic rings. The molecule has 3 N–H and O–H groups in total. The van der Waals surface area contributed by atoms with E-state index in [2.05, 4.69) is 4.72 Å². The average Bonchev–Trinajstić information content (AvgIpc) is 2.23. The van der Waals surface area contributed by atoms with Gasteiger partial charge >= 0.3 is 0 Å². The van der Waals surface area contributed by atoms with E-state index in [0.29, 0.717) is 17.9 Å². The maximum absolute atomic E-state index is 12.0. The fraction of sp³-hybridized carbons (Fsp3) is 0.455. The first-order chi connectivity index (χ1) is 7.88. The molecule has 1 aromatic carbocycles. The molecule has 0 atom stereocenters. The summed E-state index contributed by atoms with van der Waals surface area (Å²) in [4.78, 5) is 0.228. The summed E-state index contributed by atoms with van der Waals surface area (Å²) in [5.41, 5.74) is 7.68. The second kappa shape index (κ2) is 5.48. The van der Waals surface area contributed by atoms with E-state index in [9.17, 15) is 8.42 Å². The maximum atomic E-state index is 12.0. The van der Waals surface area contributed by atoms with Gasteiger partial charge in [-0.3, -0.25) is 0 Å². The van der Waals surface area contributed by atoms with Crippen LogP contribution in [0.3, 0.4) is 0 Å². The molecule has 0 aromatic heterocycles. The topological polar surface area (TPSA) is 81.4 Å². The molecular formula is C11H18N2O3S. The van der Waals surface area contributed by atoms with E-state index in [4.69, 9.17) is 10.5 Å². The molecule has 0 saturated heterocycles. The van der Waals surface area contributed by atoms with Gasteiger partial charge < -0.3 is 10.5 Å². The van der Waals surface area contributed by atoms with Crippen LogP contribution in [0.2, 0.25) is 0 Å². The lowest BCUT2D eigenvalue weighted by Crippen LogP contribution is -2.28. The first-order valence-corrected chi connectivity index (χ1v) is 6.72. The molecule has 0 heterocycles. The van der Waals surface area contributed by atoms with Crippen molar-refractivity contribution in [3.63, 3.8) is 0 Å². The van der Waals surface area contributed by atoms with Crippen molar-refractivity contribution in [2.75, 3.05) is 26.0 Å². The number of hydrogen-bond donors (Lipinski definition) is 2. The molecule has 0 radical (unpaired) electrons. The van der Waals surface area contributed by atoms with Crippen molar-refractivity contribution < 1.29 is 13.2 Å². The van der Waals surface area contributed by atoms with Gasteiger partial charge in [-0.1, -0.05) is 0 Å². The lowest BCUT2D eigenvalue weighted by atomic mass is 10.1. The highest BCUT2D eigenvalue weighted by Crippen LogP contribution is 2.21. The van der Waals surface area contributed by atoms with Crippen LogP contribution in [0.5, 0.6) is 0 Å². The zero-order chi connectivity index (χ0) is 13.1. The molecule has 1 rings (SSSR count). The number of rotatable bonds is 5. The van der Waals surface area contributed by atoms with Crippen LogP contribution in [-0.2, 0) is 14.8 Å². The van der Waals surface area contributed by atoms with Crippen LogP contribution in [0.4, 0.5) is 5.69 Å². The molecule has 0 fully saturated rings. The van der Waals surface area contributed by atoms with Crippen LogP contribution in [-0.4, -0.2) is 28.7 Å². The van der Waals surface area contributed by atoms with Crippen LogP contribution >= 0.6 is 0 Å². The molecule has 0 aliphatic heterocycles. The molecule has 0 unspecified atom stereocenters. The standard InChI is InChI=1S/C11H18N2O3S/c1-8-6-10(12)7-11(9(8)2)17(14,15)13-4-5-16-3/h6-7,13H,4-5,12H2,1-3H3. The fourth-order valence-electron chi connectivity index (χ4n) is 1.49. The number of nitrogen functional groups attached to an aromatic ring is 1. The number of benzene rings is 1. The molecule has 6 heteroatoms. The van der Waals surface area contributed by atoms with Gasteiger partial charge in [0.05, 0.1) is 11.5 Å². The summed E-state index contributed by atoms with van der Waals surface area (Å²) < 4.78 is 31.3. The Labute approximate surface area is 102 Å². The number of anilines is 1. The van der Waals surface area contributed by atoms with Crippen molar-refractivity contribution in [1.29, 1.82) is 0 Å². The lowest BCUT2D eigenvalue weighted by Gasteiger charge is -2.12. The van der Waals surface area contributed by atoms with E-state index < -0.39 is 10.0 Å². The van der Waals surface area contributed by atoms with Gasteiger partial charge in [-0.25, -0.2) is 13.1 Å². The van der Waals surface area contributed by atoms with Crippen molar-refractivity contribution in [2.24, 2.45) is 0 Å². The van der Waals surface area contributed by atoms with E-state index in [-0.39, 0.29) is 11.4 Å². The molecule has 0 saturated carbocycles. The van der Waals surface area contributed by atoms with Crippen LogP contribution < -0.4 is 10.5 Å². The fourth-order valence-corrected chi connectivity index (χ4v) is 2.85. The number of nitrogens with two attached hydrogens (primary N) is 1. The van der Waals surface area contributed by atoms with E-state index in [1.54, 1.807) is 13.0 Å². The van der Waals surface area contributed by atoms with Crippen LogP contribution in [0, 0.1) is 13.8 Å². The van der Waals surface area contributed by atoms with Crippen LogP contribution in [0.15, 0.2) is 17.0 Å². The number of nitrogens with one attached hydrogen (secondary N) is 1. The van der Waals surface area contributed by atoms with Crippen LogP contribution in [0.1, 0.15) is 11.1 Å². The summed E-state index contributed by atoms with van der Waals surface area (Å²) in [5.74, 6) is 0. The van der Waals surface area contributed by atoms with Gasteiger partial charge in [0.25, 0.3) is 0 Å². The Balaban J connectivity index is 3.06. The Kier molecular flexibility index (Phi) is 4.50. The Morgan fingerprint density at radius 1 is 1.35 bits per heavy atom. The molecule has 0 bridgehead atoms. The number of ether oxygens (including phenoxy) is 1. The van der Waals surface area contributed by atoms with E-state index in [1.165, 1.54) is 13.2 Å². The molecule has 0 spiro atoms. The van der Waals surface area contributed by atoms with Crippen molar-refractivity contribution in [3.8, 4) is 0 Å². The van der Waals surface area contributed by atoms with Crippen LogP contribution in [0.25, 0.3) is 0 Å². The zero-order valence-corrected chi connectivity index (χ0v) is 11.1. The first-order valence-electron chi connectivity index (χ1n) is 5.24. The van der Waals surface area contributed by atoms with Gasteiger partial charge in [0.15, 0.2) is 0 Å². The first kappa shape index (κ1) is 14.0. The third kappa shape index (κ3) is 3.42. The predicted molar refractivity (Wildman–Crippen MR) is 67.4 cm³/mol. The highest BCUT2D eigenvalue weighted by molar-refractivity contribution is 7.89. The Morgan fingerprint density at radius 2 is 2.00 bits per heavy atom. The van der Waals surface area contributed by atoms with E-state index in [1.807, 2.05) is 6.92 Å². The molecular weight excluding hydrogens is 240 g/mol. The molecule has 0 aliphatic carbocycles. The minimum atomic E-state index is -3.52. The third-order valence-electron chi connectivity index (χ3n) is 2.53. The summed E-state index contributed by atoms with van der Waals surface area (Å²) in [7, 11) is -2.00. The monoisotopic (exact) mass is 258 g/mol. The second-order valence-corrected chi connectivity index (χ2v) is 5.59. The number of sulfonamides is 1. The molecule has 1 aromatic rings. The van der Waals surface area contributed by atoms with Gasteiger partial charge in [-0.05, 0) is 37.1 Å². The predicted octanol–water partition coefficient (Wildman–Crippen LogP) is 0.810. The largest absolute Gasteiger partial charge is 0.399 e. The maximum Gasteiger partial charge on any atom is 0.240 e. The lowest BCUT2D eigenvalue weighted by molar-refractivity contribution is 0.204. The average molecular weight is 258 g/mol. The minimum Gasteiger partial charge on any atom is -0.399 e. The molecule has 5 nitrogen and oxygen atoms in total. The summed E-state index contributed by atoms with van der Waals surface area (Å²) in [6.45, 7) is 4.17. The quantitative estimate of drug-likeness (QED) is 0.605. The van der Waals surface area contributed by atoms with Gasteiger partial charge in [0, 0.05) is 19.3 Å². The van der Waals surface area contributed by atoms with E-state index in [0.717, 1.165) is 5.56 Å².